The summed E-state index contributed by atoms with van der Waals surface area (Å²) in [5.41, 5.74) is 9.27. The van der Waals surface area contributed by atoms with Gasteiger partial charge in [-0.3, -0.25) is 19.3 Å². The Morgan fingerprint density at radius 3 is 2.43 bits per heavy atom. The van der Waals surface area contributed by atoms with Gasteiger partial charge in [0, 0.05) is 17.8 Å². The first kappa shape index (κ1) is 35.1. The molecular formula is C39H41N3O6S. The molecule has 0 spiro atoms. The lowest BCUT2D eigenvalue weighted by Crippen LogP contribution is -2.43. The van der Waals surface area contributed by atoms with Crippen LogP contribution in [-0.2, 0) is 22.6 Å². The van der Waals surface area contributed by atoms with Gasteiger partial charge in [0.05, 0.1) is 20.1 Å². The van der Waals surface area contributed by atoms with Crippen LogP contribution in [0.5, 0.6) is 17.2 Å². The van der Waals surface area contributed by atoms with E-state index in [4.69, 9.17) is 19.9 Å². The number of nitrogens with zero attached hydrogens (tertiary/aromatic N) is 1. The van der Waals surface area contributed by atoms with Gasteiger partial charge in [0.2, 0.25) is 17.7 Å². The highest BCUT2D eigenvalue weighted by Crippen LogP contribution is 2.54. The lowest BCUT2D eigenvalue weighted by atomic mass is 9.97. The molecule has 0 saturated carbocycles. The van der Waals surface area contributed by atoms with E-state index in [2.05, 4.69) is 11.9 Å². The van der Waals surface area contributed by atoms with Crippen molar-refractivity contribution in [1.82, 2.24) is 5.32 Å². The van der Waals surface area contributed by atoms with E-state index in [-0.39, 0.29) is 30.2 Å². The van der Waals surface area contributed by atoms with Crippen LogP contribution in [-0.4, -0.2) is 42.7 Å². The number of methoxy groups -OCH3 is 1. The minimum Gasteiger partial charge on any atom is -0.493 e. The van der Waals surface area contributed by atoms with Crippen LogP contribution in [0.3, 0.4) is 0 Å². The SMILES string of the molecule is C=CC[C@]1(CC(=O)NCCc2ccc(OC)c(OCC)c2)S[C@@H](c2ccc(OCc3ccccc3)cc2)N(c2cccc(C(N)=O)c2)C1=O. The molecule has 49 heavy (non-hydrogen) atoms. The third-order valence-electron chi connectivity index (χ3n) is 8.19. The summed E-state index contributed by atoms with van der Waals surface area (Å²) >= 11 is 1.40. The van der Waals surface area contributed by atoms with Crippen molar-refractivity contribution >= 4 is 35.2 Å². The highest BCUT2D eigenvalue weighted by Gasteiger charge is 2.53. The maximum Gasteiger partial charge on any atom is 0.248 e. The van der Waals surface area contributed by atoms with Crippen LogP contribution in [0, 0.1) is 0 Å². The molecule has 5 rings (SSSR count). The molecule has 0 unspecified atom stereocenters. The molecule has 0 radical (unpaired) electrons. The Morgan fingerprint density at radius 2 is 1.73 bits per heavy atom. The lowest BCUT2D eigenvalue weighted by molar-refractivity contribution is -0.126. The van der Waals surface area contributed by atoms with Gasteiger partial charge in [-0.05, 0) is 78.9 Å². The van der Waals surface area contributed by atoms with Crippen molar-refractivity contribution in [3.8, 4) is 17.2 Å². The number of anilines is 1. The highest BCUT2D eigenvalue weighted by atomic mass is 32.2. The van der Waals surface area contributed by atoms with Crippen LogP contribution in [0.2, 0.25) is 0 Å². The Balaban J connectivity index is 1.36. The van der Waals surface area contributed by atoms with Gasteiger partial charge in [0.1, 0.15) is 22.5 Å². The zero-order chi connectivity index (χ0) is 34.8. The number of hydrogen-bond donors (Lipinski definition) is 2. The molecule has 0 aliphatic carbocycles. The first-order chi connectivity index (χ1) is 23.8. The third kappa shape index (κ3) is 8.45. The molecule has 1 saturated heterocycles. The third-order valence-corrected chi connectivity index (χ3v) is 9.83. The Morgan fingerprint density at radius 1 is 0.959 bits per heavy atom. The monoisotopic (exact) mass is 679 g/mol. The van der Waals surface area contributed by atoms with Crippen LogP contribution < -0.4 is 30.2 Å². The van der Waals surface area contributed by atoms with Gasteiger partial charge in [-0.1, -0.05) is 60.7 Å². The molecule has 1 aliphatic heterocycles. The summed E-state index contributed by atoms with van der Waals surface area (Å²) in [6.45, 7) is 7.13. The predicted octanol–water partition coefficient (Wildman–Crippen LogP) is 6.61. The zero-order valence-electron chi connectivity index (χ0n) is 27.7. The molecule has 9 nitrogen and oxygen atoms in total. The van der Waals surface area contributed by atoms with Gasteiger partial charge in [0.25, 0.3) is 0 Å². The summed E-state index contributed by atoms with van der Waals surface area (Å²) in [6.07, 6.45) is 2.45. The van der Waals surface area contributed by atoms with Gasteiger partial charge < -0.3 is 25.3 Å². The Bertz CT molecular complexity index is 1780. The number of thioether (sulfide) groups is 1. The first-order valence-electron chi connectivity index (χ1n) is 16.1. The number of primary amides is 1. The first-order valence-corrected chi connectivity index (χ1v) is 17.0. The minimum atomic E-state index is -1.13. The highest BCUT2D eigenvalue weighted by molar-refractivity contribution is 8.02. The van der Waals surface area contributed by atoms with E-state index in [1.54, 1.807) is 42.4 Å². The predicted molar refractivity (Wildman–Crippen MR) is 193 cm³/mol. The number of hydrogen-bond acceptors (Lipinski definition) is 7. The fraction of sp³-hybridized carbons (Fsp3) is 0.256. The summed E-state index contributed by atoms with van der Waals surface area (Å²) in [7, 11) is 1.59. The molecule has 3 N–H and O–H groups in total. The summed E-state index contributed by atoms with van der Waals surface area (Å²) in [5.74, 6) is 0.880. The quantitative estimate of drug-likeness (QED) is 0.128. The van der Waals surface area contributed by atoms with E-state index in [0.717, 1.165) is 16.7 Å². The summed E-state index contributed by atoms with van der Waals surface area (Å²) in [4.78, 5) is 41.7. The van der Waals surface area contributed by atoms with E-state index in [1.807, 2.05) is 79.7 Å². The zero-order valence-corrected chi connectivity index (χ0v) is 28.5. The number of carbonyl (C=O) groups is 3. The smallest absolute Gasteiger partial charge is 0.248 e. The number of benzene rings is 4. The number of ether oxygens (including phenoxy) is 3. The fourth-order valence-corrected chi connectivity index (χ4v) is 7.43. The van der Waals surface area contributed by atoms with Crippen LogP contribution in [0.4, 0.5) is 5.69 Å². The van der Waals surface area contributed by atoms with Gasteiger partial charge in [-0.2, -0.15) is 0 Å². The molecule has 1 heterocycles. The van der Waals surface area contributed by atoms with Crippen LogP contribution in [0.1, 0.15) is 52.2 Å². The second-order valence-electron chi connectivity index (χ2n) is 11.6. The second-order valence-corrected chi connectivity index (χ2v) is 13.0. The normalized spacial score (nSPS) is 17.0. The van der Waals surface area contributed by atoms with Crippen LogP contribution >= 0.6 is 11.8 Å². The molecule has 4 aromatic rings. The maximum atomic E-state index is 14.5. The lowest BCUT2D eigenvalue weighted by Gasteiger charge is -2.26. The second kappa shape index (κ2) is 16.3. The fourth-order valence-electron chi connectivity index (χ4n) is 5.76. The number of allylic oxidation sites excluding steroid dienone is 1. The van der Waals surface area contributed by atoms with Gasteiger partial charge in [0.15, 0.2) is 11.5 Å². The molecule has 2 atom stereocenters. The average Bonchev–Trinajstić information content (AvgIpc) is 3.39. The molecule has 0 aromatic heterocycles. The largest absolute Gasteiger partial charge is 0.493 e. The van der Waals surface area contributed by atoms with E-state index < -0.39 is 16.0 Å². The molecule has 3 amide bonds. The number of amides is 3. The minimum absolute atomic E-state index is 0.0594. The van der Waals surface area contributed by atoms with Crippen molar-refractivity contribution in [3.05, 3.63) is 132 Å². The molecule has 1 fully saturated rings. The van der Waals surface area contributed by atoms with Crippen LogP contribution in [0.15, 0.2) is 110 Å². The van der Waals surface area contributed by atoms with Crippen molar-refractivity contribution in [3.63, 3.8) is 0 Å². The van der Waals surface area contributed by atoms with Gasteiger partial charge >= 0.3 is 0 Å². The van der Waals surface area contributed by atoms with Crippen LogP contribution in [0.25, 0.3) is 0 Å². The average molecular weight is 680 g/mol. The molecule has 0 bridgehead atoms. The standard InChI is InChI=1S/C39H41N3O6S/c1-4-21-39(25-35(43)41-22-20-27-14-19-33(46-3)34(23-27)47-5-2)38(45)42(31-13-9-12-30(24-31)36(40)44)37(49-39)29-15-17-32(18-16-29)48-26-28-10-7-6-8-11-28/h4,6-19,23-24,37H,1,5,20-22,25-26H2,2-3H3,(H2,40,44)(H,41,43)/t37-,39+/m0/s1. The molecule has 1 aliphatic rings. The van der Waals surface area contributed by atoms with E-state index >= 15 is 0 Å². The van der Waals surface area contributed by atoms with E-state index in [0.29, 0.717) is 49.1 Å². The number of nitrogens with one attached hydrogen (secondary N) is 1. The Labute approximate surface area is 291 Å². The van der Waals surface area contributed by atoms with Gasteiger partial charge in [-0.25, -0.2) is 0 Å². The summed E-state index contributed by atoms with van der Waals surface area (Å²) in [6, 6.07) is 29.9. The van der Waals surface area contributed by atoms with Crippen molar-refractivity contribution < 1.29 is 28.6 Å². The van der Waals surface area contributed by atoms with Crippen molar-refractivity contribution in [2.45, 2.75) is 42.9 Å². The molecule has 254 valence electrons. The number of carbonyl (C=O) groups excluding carboxylic acids is 3. The number of rotatable bonds is 16. The molecule has 10 heteroatoms. The topological polar surface area (TPSA) is 120 Å². The molecular weight excluding hydrogens is 639 g/mol. The van der Waals surface area contributed by atoms with E-state index in [9.17, 15) is 14.4 Å². The maximum absolute atomic E-state index is 14.5. The summed E-state index contributed by atoms with van der Waals surface area (Å²) < 4.78 is 15.9. The van der Waals surface area contributed by atoms with Crippen molar-refractivity contribution in [2.24, 2.45) is 5.73 Å². The van der Waals surface area contributed by atoms with Gasteiger partial charge in [-0.15, -0.1) is 18.3 Å². The number of nitrogens with two attached hydrogens (primary N) is 1. The van der Waals surface area contributed by atoms with Crippen molar-refractivity contribution in [2.75, 3.05) is 25.2 Å². The summed E-state index contributed by atoms with van der Waals surface area (Å²) in [5, 5.41) is 2.51. The molecule has 4 aromatic carbocycles. The van der Waals surface area contributed by atoms with E-state index in [1.165, 1.54) is 11.8 Å². The van der Waals surface area contributed by atoms with Crippen molar-refractivity contribution in [1.29, 1.82) is 0 Å². The Hall–Kier alpha value is -5.22. The Kier molecular flexibility index (Phi) is 11.6.